The summed E-state index contributed by atoms with van der Waals surface area (Å²) in [5.74, 6) is -3.67. The molecule has 3 aromatic rings. The van der Waals surface area contributed by atoms with Crippen LogP contribution in [0.5, 0.6) is 0 Å². The standard InChI is InChI=1S/C54H71N9O19/c1-49(2)27-8-11-54(7)37(26(64)16-21-22-17-51(4,13-12-50(22,3)14-15-53(21,54)6)45(75)60-25-20-57-48(78)63-40(25)72)52(27,5)10-9-28(49)79-44-36(32(68)31(67)35(81-44)42(74)59-24-19-56-47(77)62-39(24)71)82-43-33(69)29(65)30(66)34(80-43)41(73)58-23-18-55-46(76)61-38(23)70/h16,18-20,22,27-37,43-44,65-69H,8-15,17H2,1-7H3,(H,58,73)(H,59,74)(H,60,75)(H2,55,61,70,76)(H2,56,62,71,77)(H2,57,63,72,78)/t22?,27?,28-,29-,30-,31-,32-,33+,34-,35-,36+,37?,43-,44-,50+,51-,52-,53+,54+/m0/s1. The number of ketones is 1. The summed E-state index contributed by atoms with van der Waals surface area (Å²) in [4.78, 5) is 142. The zero-order chi connectivity index (χ0) is 59.6. The van der Waals surface area contributed by atoms with E-state index in [1.54, 1.807) is 0 Å². The number of carbonyl (C=O) groups excluding carboxylic acids is 4. The minimum Gasteiger partial charge on any atom is -0.387 e. The number of carbonyl (C=O) groups is 4. The lowest BCUT2D eigenvalue weighted by Crippen LogP contribution is -2.68. The number of ether oxygens (including phenoxy) is 4. The van der Waals surface area contributed by atoms with Crippen molar-refractivity contribution in [1.29, 1.82) is 0 Å². The second kappa shape index (κ2) is 20.7. The Morgan fingerprint density at radius 1 is 0.585 bits per heavy atom. The predicted octanol–water partition coefficient (Wildman–Crippen LogP) is -0.962. The summed E-state index contributed by atoms with van der Waals surface area (Å²) < 4.78 is 24.8. The molecule has 6 fully saturated rings. The molecule has 14 N–H and O–H groups in total. The number of allylic oxidation sites excluding steroid dienone is 2. The molecule has 3 unspecified atom stereocenters. The normalized spacial score (nSPS) is 40.4. The SMILES string of the molecule is CC1(C)C2CC[C@]3(C)C(C(=O)C=C4C5C[C@@](C)(C(=O)Nc6c[nH]c(=O)[nH]c6=O)CC[C@]5(C)CC[C@]43C)[C@@]2(C)CC[C@@H]1O[C@H]1O[C@H](C(=O)Nc2c[nH]c(=O)[nH]c2=O)[C@@H](O)[C@H](O)[C@H]1O[C@@H]1O[C@H](C(=O)Nc2c[nH]c(=O)[nH]c2=O)[C@@H](O)[C@H](O)[C@H]1O. The van der Waals surface area contributed by atoms with Gasteiger partial charge >= 0.3 is 17.1 Å². The maximum Gasteiger partial charge on any atom is 0.325 e. The van der Waals surface area contributed by atoms with Crippen LogP contribution in [0.4, 0.5) is 17.1 Å². The monoisotopic (exact) mass is 1150 g/mol. The fourth-order valence-electron chi connectivity index (χ4n) is 15.6. The van der Waals surface area contributed by atoms with E-state index in [1.165, 1.54) is 6.20 Å². The van der Waals surface area contributed by atoms with Gasteiger partial charge < -0.3 is 75.4 Å². The third-order valence-corrected chi connectivity index (χ3v) is 20.5. The number of amides is 3. The number of H-pyrrole nitrogens is 6. The number of aliphatic hydroxyl groups is 5. The van der Waals surface area contributed by atoms with Gasteiger partial charge in [0.05, 0.1) is 6.10 Å². The lowest BCUT2D eigenvalue weighted by atomic mass is 9.33. The lowest BCUT2D eigenvalue weighted by molar-refractivity contribution is -0.369. The highest BCUT2D eigenvalue weighted by Gasteiger charge is 2.71. The van der Waals surface area contributed by atoms with Gasteiger partial charge in [-0.05, 0) is 103 Å². The molecular weight excluding hydrogens is 1080 g/mol. The van der Waals surface area contributed by atoms with E-state index in [0.717, 1.165) is 30.8 Å². The number of anilines is 3. The fraction of sp³-hybridized carbons (Fsp3) is 0.667. The molecule has 0 radical (unpaired) electrons. The molecule has 3 aromatic heterocycles. The molecular formula is C54H71N9O19. The van der Waals surface area contributed by atoms with Gasteiger partial charge in [-0.3, -0.25) is 48.5 Å². The molecule has 2 saturated heterocycles. The Bertz CT molecular complexity index is 3480. The van der Waals surface area contributed by atoms with Gasteiger partial charge in [-0.1, -0.05) is 54.0 Å². The molecule has 0 aromatic carbocycles. The summed E-state index contributed by atoms with van der Waals surface area (Å²) in [5.41, 5.74) is -8.94. The van der Waals surface area contributed by atoms with Crippen molar-refractivity contribution in [2.24, 2.45) is 50.2 Å². The van der Waals surface area contributed by atoms with Gasteiger partial charge in [-0.2, -0.15) is 0 Å². The molecule has 7 aliphatic rings. The number of rotatable bonds is 10. The van der Waals surface area contributed by atoms with Crippen LogP contribution in [0.3, 0.4) is 0 Å². The van der Waals surface area contributed by atoms with Gasteiger partial charge in [0.25, 0.3) is 28.5 Å². The van der Waals surface area contributed by atoms with Crippen molar-refractivity contribution in [2.75, 3.05) is 16.0 Å². The van der Waals surface area contributed by atoms with Gasteiger partial charge in [0.2, 0.25) is 5.91 Å². The maximum absolute atomic E-state index is 15.4. The number of nitrogens with one attached hydrogen (secondary N) is 9. The van der Waals surface area contributed by atoms with Crippen molar-refractivity contribution in [3.8, 4) is 0 Å². The molecule has 446 valence electrons. The first kappa shape index (κ1) is 58.7. The summed E-state index contributed by atoms with van der Waals surface area (Å²) in [6.07, 6.45) is -11.7. The summed E-state index contributed by atoms with van der Waals surface area (Å²) in [5, 5.41) is 63.9. The van der Waals surface area contributed by atoms with Crippen LogP contribution in [0.2, 0.25) is 0 Å². The molecule has 0 bridgehead atoms. The van der Waals surface area contributed by atoms with Crippen molar-refractivity contribution in [3.05, 3.63) is 92.8 Å². The number of fused-ring (bicyclic) bond motifs is 7. The smallest absolute Gasteiger partial charge is 0.325 e. The zero-order valence-electron chi connectivity index (χ0n) is 46.2. The summed E-state index contributed by atoms with van der Waals surface area (Å²) in [6, 6.07) is 0. The highest BCUT2D eigenvalue weighted by Crippen LogP contribution is 2.75. The fourth-order valence-corrected chi connectivity index (χ4v) is 15.6. The van der Waals surface area contributed by atoms with Gasteiger partial charge in [0.1, 0.15) is 53.7 Å². The molecule has 82 heavy (non-hydrogen) atoms. The number of hydrogen-bond donors (Lipinski definition) is 14. The van der Waals surface area contributed by atoms with E-state index >= 15 is 4.79 Å². The highest BCUT2D eigenvalue weighted by atomic mass is 16.8. The zero-order valence-corrected chi connectivity index (χ0v) is 46.2. The Morgan fingerprint density at radius 3 is 1.65 bits per heavy atom. The topological polar surface area (TPSA) is 440 Å². The van der Waals surface area contributed by atoms with Crippen LogP contribution >= 0.6 is 0 Å². The van der Waals surface area contributed by atoms with Gasteiger partial charge in [-0.25, -0.2) is 14.4 Å². The highest BCUT2D eigenvalue weighted by molar-refractivity contribution is 5.97. The Hall–Kier alpha value is -6.50. The summed E-state index contributed by atoms with van der Waals surface area (Å²) >= 11 is 0. The van der Waals surface area contributed by atoms with Crippen LogP contribution in [0.15, 0.2) is 59.0 Å². The molecule has 19 atom stereocenters. The molecule has 28 heteroatoms. The second-order valence-electron chi connectivity index (χ2n) is 25.5. The van der Waals surface area contributed by atoms with Crippen molar-refractivity contribution in [3.63, 3.8) is 0 Å². The van der Waals surface area contributed by atoms with Gasteiger partial charge in [0.15, 0.2) is 30.6 Å². The Morgan fingerprint density at radius 2 is 1.10 bits per heavy atom. The quantitative estimate of drug-likeness (QED) is 0.109. The third-order valence-electron chi connectivity index (χ3n) is 20.5. The van der Waals surface area contributed by atoms with Crippen molar-refractivity contribution in [2.45, 2.75) is 174 Å². The van der Waals surface area contributed by atoms with Gasteiger partial charge in [-0.15, -0.1) is 0 Å². The number of aromatic nitrogens is 6. The first-order valence-electron chi connectivity index (χ1n) is 27.5. The molecule has 4 saturated carbocycles. The van der Waals surface area contributed by atoms with E-state index in [0.29, 0.717) is 38.5 Å². The minimum atomic E-state index is -2.19. The van der Waals surface area contributed by atoms with Crippen LogP contribution in [-0.2, 0) is 38.1 Å². The first-order chi connectivity index (χ1) is 38.4. The summed E-state index contributed by atoms with van der Waals surface area (Å²) in [7, 11) is 0. The van der Waals surface area contributed by atoms with Crippen LogP contribution in [0, 0.1) is 50.2 Å². The minimum absolute atomic E-state index is 0.0229. The average molecular weight is 1150 g/mol. The van der Waals surface area contributed by atoms with Gasteiger partial charge in [0, 0.05) is 29.9 Å². The van der Waals surface area contributed by atoms with E-state index in [9.17, 15) is 68.7 Å². The largest absolute Gasteiger partial charge is 0.387 e. The maximum atomic E-state index is 15.4. The number of aromatic amines is 6. The van der Waals surface area contributed by atoms with E-state index in [-0.39, 0.29) is 41.0 Å². The van der Waals surface area contributed by atoms with Crippen LogP contribution in [0.1, 0.15) is 106 Å². The lowest BCUT2D eigenvalue weighted by Gasteiger charge is -2.70. The van der Waals surface area contributed by atoms with E-state index in [4.69, 9.17) is 18.9 Å². The molecule has 5 heterocycles. The molecule has 10 rings (SSSR count). The Labute approximate surface area is 465 Å². The molecule has 2 aliphatic heterocycles. The van der Waals surface area contributed by atoms with E-state index < -0.39 is 157 Å². The van der Waals surface area contributed by atoms with Crippen molar-refractivity contribution < 1.29 is 63.7 Å². The number of hydrogen-bond acceptors (Lipinski definition) is 19. The Kier molecular flexibility index (Phi) is 14.8. The predicted molar refractivity (Wildman–Crippen MR) is 285 cm³/mol. The number of aliphatic hydroxyl groups excluding tert-OH is 5. The van der Waals surface area contributed by atoms with E-state index in [1.807, 2.05) is 36.8 Å². The van der Waals surface area contributed by atoms with E-state index in [2.05, 4.69) is 63.6 Å². The average Bonchev–Trinajstić information content (AvgIpc) is 1.18. The van der Waals surface area contributed by atoms with Crippen LogP contribution in [0.25, 0.3) is 0 Å². The first-order valence-corrected chi connectivity index (χ1v) is 27.5. The molecule has 0 spiro atoms. The van der Waals surface area contributed by atoms with Crippen molar-refractivity contribution in [1.82, 2.24) is 29.9 Å². The molecule has 28 nitrogen and oxygen atoms in total. The molecule has 5 aliphatic carbocycles. The molecule has 3 amide bonds. The second-order valence-corrected chi connectivity index (χ2v) is 25.5. The van der Waals surface area contributed by atoms with Crippen LogP contribution < -0.4 is 49.7 Å². The van der Waals surface area contributed by atoms with Crippen LogP contribution in [-0.4, -0.2) is 146 Å². The summed E-state index contributed by atoms with van der Waals surface area (Å²) in [6.45, 7) is 14.6. The van der Waals surface area contributed by atoms with Crippen molar-refractivity contribution >= 4 is 40.6 Å². The Balaban J connectivity index is 0.928. The third kappa shape index (κ3) is 9.61.